The van der Waals surface area contributed by atoms with E-state index in [9.17, 15) is 9.90 Å². The summed E-state index contributed by atoms with van der Waals surface area (Å²) < 4.78 is 0. The van der Waals surface area contributed by atoms with E-state index in [0.29, 0.717) is 6.54 Å². The standard InChI is InChI=1S/C12H26N2O2/c1-5-9(6-2)10(15)7-14-12(16)11(13)8(3)4/h8-11,15H,5-7,13H2,1-4H3,(H,14,16). The third-order valence-electron chi connectivity index (χ3n) is 3.10. The fourth-order valence-corrected chi connectivity index (χ4v) is 1.63. The van der Waals surface area contributed by atoms with E-state index in [1.807, 2.05) is 27.7 Å². The molecule has 0 aromatic heterocycles. The summed E-state index contributed by atoms with van der Waals surface area (Å²) in [6.45, 7) is 8.19. The van der Waals surface area contributed by atoms with Crippen molar-refractivity contribution in [3.8, 4) is 0 Å². The Morgan fingerprint density at radius 3 is 2.19 bits per heavy atom. The van der Waals surface area contributed by atoms with Crippen molar-refractivity contribution in [2.75, 3.05) is 6.54 Å². The summed E-state index contributed by atoms with van der Waals surface area (Å²) >= 11 is 0. The van der Waals surface area contributed by atoms with Gasteiger partial charge >= 0.3 is 0 Å². The molecular formula is C12H26N2O2. The summed E-state index contributed by atoms with van der Waals surface area (Å²) in [5.74, 6) is 0.181. The number of carbonyl (C=O) groups excluding carboxylic acids is 1. The Labute approximate surface area is 98.6 Å². The highest BCUT2D eigenvalue weighted by Crippen LogP contribution is 2.12. The van der Waals surface area contributed by atoms with Crippen molar-refractivity contribution in [2.45, 2.75) is 52.7 Å². The van der Waals surface area contributed by atoms with Crippen LogP contribution in [-0.4, -0.2) is 29.7 Å². The van der Waals surface area contributed by atoms with Crippen LogP contribution in [0, 0.1) is 11.8 Å². The van der Waals surface area contributed by atoms with Crippen molar-refractivity contribution < 1.29 is 9.90 Å². The van der Waals surface area contributed by atoms with Crippen LogP contribution in [0.1, 0.15) is 40.5 Å². The van der Waals surface area contributed by atoms with Crippen LogP contribution in [0.15, 0.2) is 0 Å². The Balaban J connectivity index is 4.00. The molecule has 0 aliphatic carbocycles. The molecule has 2 unspecified atom stereocenters. The van der Waals surface area contributed by atoms with Gasteiger partial charge in [0, 0.05) is 6.54 Å². The van der Waals surface area contributed by atoms with Gasteiger partial charge in [0.05, 0.1) is 12.1 Å². The Hall–Kier alpha value is -0.610. The van der Waals surface area contributed by atoms with E-state index in [1.54, 1.807) is 0 Å². The first kappa shape index (κ1) is 15.4. The molecule has 2 atom stereocenters. The Kier molecular flexibility index (Phi) is 7.34. The van der Waals surface area contributed by atoms with Crippen LogP contribution < -0.4 is 11.1 Å². The number of aliphatic hydroxyl groups is 1. The number of nitrogens with one attached hydrogen (secondary N) is 1. The average molecular weight is 230 g/mol. The Morgan fingerprint density at radius 2 is 1.81 bits per heavy atom. The Morgan fingerprint density at radius 1 is 1.31 bits per heavy atom. The van der Waals surface area contributed by atoms with Crippen LogP contribution in [0.3, 0.4) is 0 Å². The zero-order valence-electron chi connectivity index (χ0n) is 10.9. The highest BCUT2D eigenvalue weighted by atomic mass is 16.3. The first-order valence-electron chi connectivity index (χ1n) is 6.15. The first-order valence-corrected chi connectivity index (χ1v) is 6.15. The molecule has 4 heteroatoms. The second-order valence-electron chi connectivity index (χ2n) is 4.66. The van der Waals surface area contributed by atoms with E-state index in [2.05, 4.69) is 5.32 Å². The van der Waals surface area contributed by atoms with Crippen LogP contribution in [0.2, 0.25) is 0 Å². The molecule has 4 nitrogen and oxygen atoms in total. The van der Waals surface area contributed by atoms with Crippen LogP contribution >= 0.6 is 0 Å². The van der Waals surface area contributed by atoms with Gasteiger partial charge in [-0.05, 0) is 11.8 Å². The summed E-state index contributed by atoms with van der Waals surface area (Å²) in [6.07, 6.45) is 1.37. The number of hydrogen-bond donors (Lipinski definition) is 3. The predicted molar refractivity (Wildman–Crippen MR) is 65.9 cm³/mol. The lowest BCUT2D eigenvalue weighted by Crippen LogP contribution is -2.47. The van der Waals surface area contributed by atoms with E-state index in [0.717, 1.165) is 12.8 Å². The van der Waals surface area contributed by atoms with Crippen LogP contribution in [0.25, 0.3) is 0 Å². The minimum absolute atomic E-state index is 0.116. The van der Waals surface area contributed by atoms with E-state index in [-0.39, 0.29) is 17.7 Å². The molecular weight excluding hydrogens is 204 g/mol. The van der Waals surface area contributed by atoms with Crippen molar-refractivity contribution in [3.05, 3.63) is 0 Å². The van der Waals surface area contributed by atoms with Gasteiger partial charge in [-0.25, -0.2) is 0 Å². The molecule has 0 spiro atoms. The second-order valence-corrected chi connectivity index (χ2v) is 4.66. The molecule has 0 aliphatic rings. The Bertz CT molecular complexity index is 203. The maximum atomic E-state index is 11.5. The molecule has 4 N–H and O–H groups in total. The lowest BCUT2D eigenvalue weighted by Gasteiger charge is -2.22. The number of amides is 1. The molecule has 1 amide bonds. The van der Waals surface area contributed by atoms with Crippen LogP contribution in [-0.2, 0) is 4.79 Å². The SMILES string of the molecule is CCC(CC)C(O)CNC(=O)C(N)C(C)C. The lowest BCUT2D eigenvalue weighted by atomic mass is 9.96. The summed E-state index contributed by atoms with van der Waals surface area (Å²) in [5, 5.41) is 12.5. The maximum Gasteiger partial charge on any atom is 0.237 e. The third-order valence-corrected chi connectivity index (χ3v) is 3.10. The van der Waals surface area contributed by atoms with Crippen molar-refractivity contribution in [3.63, 3.8) is 0 Å². The van der Waals surface area contributed by atoms with Gasteiger partial charge in [0.25, 0.3) is 0 Å². The number of rotatable bonds is 7. The van der Waals surface area contributed by atoms with Crippen molar-refractivity contribution in [2.24, 2.45) is 17.6 Å². The highest BCUT2D eigenvalue weighted by molar-refractivity contribution is 5.81. The molecule has 0 bridgehead atoms. The fraction of sp³-hybridized carbons (Fsp3) is 0.917. The van der Waals surface area contributed by atoms with Gasteiger partial charge in [-0.1, -0.05) is 40.5 Å². The topological polar surface area (TPSA) is 75.3 Å². The minimum Gasteiger partial charge on any atom is -0.391 e. The summed E-state index contributed by atoms with van der Waals surface area (Å²) in [7, 11) is 0. The third kappa shape index (κ3) is 4.94. The molecule has 0 aromatic carbocycles. The minimum atomic E-state index is -0.492. The molecule has 0 aromatic rings. The van der Waals surface area contributed by atoms with Gasteiger partial charge in [0.1, 0.15) is 0 Å². The zero-order chi connectivity index (χ0) is 12.7. The number of nitrogens with two attached hydrogens (primary N) is 1. The lowest BCUT2D eigenvalue weighted by molar-refractivity contribution is -0.123. The molecule has 96 valence electrons. The van der Waals surface area contributed by atoms with Crippen molar-refractivity contribution in [1.82, 2.24) is 5.32 Å². The van der Waals surface area contributed by atoms with Gasteiger partial charge in [0.15, 0.2) is 0 Å². The monoisotopic (exact) mass is 230 g/mol. The van der Waals surface area contributed by atoms with E-state index in [4.69, 9.17) is 5.73 Å². The van der Waals surface area contributed by atoms with Gasteiger partial charge < -0.3 is 16.2 Å². The molecule has 16 heavy (non-hydrogen) atoms. The average Bonchev–Trinajstić information content (AvgIpc) is 2.26. The summed E-state index contributed by atoms with van der Waals surface area (Å²) in [5.41, 5.74) is 5.69. The second kappa shape index (κ2) is 7.63. The van der Waals surface area contributed by atoms with Gasteiger partial charge in [-0.3, -0.25) is 4.79 Å². The number of carbonyl (C=O) groups is 1. The zero-order valence-corrected chi connectivity index (χ0v) is 10.9. The van der Waals surface area contributed by atoms with E-state index >= 15 is 0 Å². The van der Waals surface area contributed by atoms with Crippen molar-refractivity contribution in [1.29, 1.82) is 0 Å². The van der Waals surface area contributed by atoms with E-state index in [1.165, 1.54) is 0 Å². The number of aliphatic hydroxyl groups excluding tert-OH is 1. The van der Waals surface area contributed by atoms with E-state index < -0.39 is 12.1 Å². The molecule has 0 saturated heterocycles. The molecule has 0 radical (unpaired) electrons. The molecule has 0 fully saturated rings. The fourth-order valence-electron chi connectivity index (χ4n) is 1.63. The molecule has 0 saturated carbocycles. The first-order chi connectivity index (χ1) is 7.43. The van der Waals surface area contributed by atoms with Crippen LogP contribution in [0.5, 0.6) is 0 Å². The quantitative estimate of drug-likeness (QED) is 0.608. The smallest absolute Gasteiger partial charge is 0.237 e. The predicted octanol–water partition coefficient (Wildman–Crippen LogP) is 0.883. The summed E-state index contributed by atoms with van der Waals surface area (Å²) in [4.78, 5) is 11.5. The maximum absolute atomic E-state index is 11.5. The largest absolute Gasteiger partial charge is 0.391 e. The van der Waals surface area contributed by atoms with Gasteiger partial charge in [-0.2, -0.15) is 0 Å². The molecule has 0 heterocycles. The normalized spacial score (nSPS) is 15.2. The molecule has 0 aliphatic heterocycles. The van der Waals surface area contributed by atoms with Crippen LogP contribution in [0.4, 0.5) is 0 Å². The number of hydrogen-bond acceptors (Lipinski definition) is 3. The van der Waals surface area contributed by atoms with Crippen molar-refractivity contribution >= 4 is 5.91 Å². The van der Waals surface area contributed by atoms with Gasteiger partial charge in [0.2, 0.25) is 5.91 Å². The highest BCUT2D eigenvalue weighted by Gasteiger charge is 2.20. The molecule has 0 rings (SSSR count). The summed E-state index contributed by atoms with van der Waals surface area (Å²) in [6, 6.07) is -0.492. The van der Waals surface area contributed by atoms with Gasteiger partial charge in [-0.15, -0.1) is 0 Å².